The molecule has 1 saturated heterocycles. The molecular weight excluding hydrogens is 374 g/mol. The van der Waals surface area contributed by atoms with E-state index in [0.29, 0.717) is 55.5 Å². The summed E-state index contributed by atoms with van der Waals surface area (Å²) < 4.78 is 10.5. The highest BCUT2D eigenvalue weighted by Crippen LogP contribution is 2.28. The number of ether oxygens (including phenoxy) is 2. The van der Waals surface area contributed by atoms with Crippen LogP contribution in [0.1, 0.15) is 32.1 Å². The van der Waals surface area contributed by atoms with Gasteiger partial charge in [0.2, 0.25) is 0 Å². The number of hydrogen-bond acceptors (Lipinski definition) is 6. The smallest absolute Gasteiger partial charge is 0.274 e. The van der Waals surface area contributed by atoms with Gasteiger partial charge in [0.05, 0.1) is 14.2 Å². The van der Waals surface area contributed by atoms with Gasteiger partial charge in [-0.05, 0) is 18.2 Å². The molecule has 0 atom stereocenters. The van der Waals surface area contributed by atoms with E-state index >= 15 is 0 Å². The number of aromatic nitrogens is 2. The van der Waals surface area contributed by atoms with Gasteiger partial charge < -0.3 is 24.6 Å². The molecule has 1 aromatic heterocycles. The summed E-state index contributed by atoms with van der Waals surface area (Å²) in [6.07, 6.45) is 0.850. The average molecular weight is 399 g/mol. The monoisotopic (exact) mass is 399 g/mol. The highest BCUT2D eigenvalue weighted by atomic mass is 16.5. The van der Waals surface area contributed by atoms with Crippen LogP contribution in [-0.4, -0.2) is 78.8 Å². The Hall–Kier alpha value is -3.07. The average Bonchev–Trinajstić information content (AvgIpc) is 3.22. The van der Waals surface area contributed by atoms with Crippen LogP contribution in [0.15, 0.2) is 18.2 Å². The molecule has 9 heteroatoms. The van der Waals surface area contributed by atoms with Crippen molar-refractivity contribution in [2.75, 3.05) is 46.9 Å². The molecule has 0 radical (unpaired) electrons. The second-order valence-electron chi connectivity index (χ2n) is 7.11. The number of H-pyrrole nitrogens is 1. The number of piperazine rings is 1. The van der Waals surface area contributed by atoms with Gasteiger partial charge in [-0.15, -0.1) is 0 Å². The molecule has 0 aliphatic carbocycles. The van der Waals surface area contributed by atoms with Gasteiger partial charge in [-0.25, -0.2) is 0 Å². The Bertz CT molecular complexity index is 918. The Morgan fingerprint density at radius 1 is 1.00 bits per heavy atom. The van der Waals surface area contributed by atoms with Crippen molar-refractivity contribution in [3.63, 3.8) is 0 Å². The first-order chi connectivity index (χ1) is 14.1. The van der Waals surface area contributed by atoms with Gasteiger partial charge in [-0.2, -0.15) is 5.10 Å². The van der Waals surface area contributed by atoms with E-state index in [2.05, 4.69) is 15.5 Å². The number of fused-ring (bicyclic) bond motifs is 1. The van der Waals surface area contributed by atoms with E-state index in [9.17, 15) is 9.59 Å². The minimum Gasteiger partial charge on any atom is -0.493 e. The zero-order chi connectivity index (χ0) is 20.4. The van der Waals surface area contributed by atoms with Crippen LogP contribution in [0.5, 0.6) is 11.5 Å². The Labute approximate surface area is 169 Å². The van der Waals surface area contributed by atoms with Gasteiger partial charge in [0.15, 0.2) is 17.2 Å². The first kappa shape index (κ1) is 19.3. The lowest BCUT2D eigenvalue weighted by Crippen LogP contribution is -2.50. The lowest BCUT2D eigenvalue weighted by atomic mass is 10.1. The molecule has 1 fully saturated rings. The van der Waals surface area contributed by atoms with E-state index < -0.39 is 0 Å². The lowest BCUT2D eigenvalue weighted by molar-refractivity contribution is 0.0531. The van der Waals surface area contributed by atoms with Gasteiger partial charge in [-0.1, -0.05) is 0 Å². The maximum Gasteiger partial charge on any atom is 0.274 e. The van der Waals surface area contributed by atoms with E-state index in [1.54, 1.807) is 42.2 Å². The minimum absolute atomic E-state index is 0.0792. The van der Waals surface area contributed by atoms with Gasteiger partial charge in [-0.3, -0.25) is 14.7 Å². The van der Waals surface area contributed by atoms with E-state index in [4.69, 9.17) is 9.47 Å². The van der Waals surface area contributed by atoms with Gasteiger partial charge in [0.25, 0.3) is 11.8 Å². The van der Waals surface area contributed by atoms with Crippen LogP contribution in [0.3, 0.4) is 0 Å². The summed E-state index contributed by atoms with van der Waals surface area (Å²) in [5.41, 5.74) is 3.03. The van der Waals surface area contributed by atoms with Crippen LogP contribution in [0.4, 0.5) is 0 Å². The zero-order valence-electron chi connectivity index (χ0n) is 16.7. The van der Waals surface area contributed by atoms with Crippen LogP contribution in [0, 0.1) is 0 Å². The van der Waals surface area contributed by atoms with Gasteiger partial charge in [0, 0.05) is 62.5 Å². The fourth-order valence-electron chi connectivity index (χ4n) is 3.82. The molecule has 2 N–H and O–H groups in total. The van der Waals surface area contributed by atoms with Crippen molar-refractivity contribution in [3.8, 4) is 11.5 Å². The number of rotatable bonds is 4. The SMILES string of the molecule is COc1ccc(C(=O)N2CCN(C(=O)c3n[nH]c4c3CNCC4)CC2)cc1OC. The highest BCUT2D eigenvalue weighted by Gasteiger charge is 2.29. The molecule has 2 amide bonds. The van der Waals surface area contributed by atoms with Crippen LogP contribution >= 0.6 is 0 Å². The van der Waals surface area contributed by atoms with Crippen molar-refractivity contribution < 1.29 is 19.1 Å². The Balaban J connectivity index is 1.41. The Morgan fingerprint density at radius 3 is 2.38 bits per heavy atom. The first-order valence-electron chi connectivity index (χ1n) is 9.69. The fourth-order valence-corrected chi connectivity index (χ4v) is 3.82. The molecule has 3 heterocycles. The Kier molecular flexibility index (Phi) is 5.39. The number of nitrogens with one attached hydrogen (secondary N) is 2. The molecule has 0 saturated carbocycles. The predicted octanol–water partition coefficient (Wildman–Crippen LogP) is 0.671. The minimum atomic E-state index is -0.0839. The second kappa shape index (κ2) is 8.12. The largest absolute Gasteiger partial charge is 0.493 e. The summed E-state index contributed by atoms with van der Waals surface area (Å²) in [5, 5.41) is 10.5. The first-order valence-corrected chi connectivity index (χ1v) is 9.69. The third-order valence-electron chi connectivity index (χ3n) is 5.49. The predicted molar refractivity (Wildman–Crippen MR) is 105 cm³/mol. The third kappa shape index (κ3) is 3.65. The third-order valence-corrected chi connectivity index (χ3v) is 5.49. The van der Waals surface area contributed by atoms with Crippen LogP contribution < -0.4 is 14.8 Å². The number of aromatic amines is 1. The van der Waals surface area contributed by atoms with E-state index in [0.717, 1.165) is 24.2 Å². The number of benzene rings is 1. The summed E-state index contributed by atoms with van der Waals surface area (Å²) in [5.74, 6) is 0.934. The topological polar surface area (TPSA) is 99.8 Å². The standard InChI is InChI=1S/C20H25N5O4/c1-28-16-4-3-13(11-17(16)29-2)19(26)24-7-9-25(10-8-24)20(27)18-14-12-21-6-5-15(14)22-23-18/h3-4,11,21H,5-10,12H2,1-2H3,(H,22,23). The van der Waals surface area contributed by atoms with E-state index in [1.165, 1.54) is 0 Å². The second-order valence-corrected chi connectivity index (χ2v) is 7.11. The van der Waals surface area contributed by atoms with Crippen molar-refractivity contribution in [2.45, 2.75) is 13.0 Å². The maximum absolute atomic E-state index is 12.9. The molecule has 0 bridgehead atoms. The fraction of sp³-hybridized carbons (Fsp3) is 0.450. The van der Waals surface area contributed by atoms with Crippen molar-refractivity contribution >= 4 is 11.8 Å². The van der Waals surface area contributed by atoms with E-state index in [1.807, 2.05) is 0 Å². The number of amides is 2. The summed E-state index contributed by atoms with van der Waals surface area (Å²) >= 11 is 0. The zero-order valence-corrected chi connectivity index (χ0v) is 16.7. The summed E-state index contributed by atoms with van der Waals surface area (Å²) in [6.45, 7) is 3.46. The van der Waals surface area contributed by atoms with Crippen LogP contribution in [-0.2, 0) is 13.0 Å². The van der Waals surface area contributed by atoms with Crippen LogP contribution in [0.2, 0.25) is 0 Å². The molecule has 9 nitrogen and oxygen atoms in total. The molecule has 1 aromatic carbocycles. The number of nitrogens with zero attached hydrogens (tertiary/aromatic N) is 3. The summed E-state index contributed by atoms with van der Waals surface area (Å²) in [4.78, 5) is 29.3. The lowest BCUT2D eigenvalue weighted by Gasteiger charge is -2.34. The number of carbonyl (C=O) groups is 2. The quantitative estimate of drug-likeness (QED) is 0.784. The summed E-state index contributed by atoms with van der Waals surface area (Å²) in [6, 6.07) is 5.13. The molecule has 2 aliphatic rings. The number of hydrogen-bond donors (Lipinski definition) is 2. The van der Waals surface area contributed by atoms with Gasteiger partial charge in [0.1, 0.15) is 0 Å². The van der Waals surface area contributed by atoms with Crippen molar-refractivity contribution in [2.24, 2.45) is 0 Å². The normalized spacial score (nSPS) is 16.3. The molecular formula is C20H25N5O4. The Morgan fingerprint density at radius 2 is 1.69 bits per heavy atom. The van der Waals surface area contributed by atoms with Crippen molar-refractivity contribution in [3.05, 3.63) is 40.7 Å². The summed E-state index contributed by atoms with van der Waals surface area (Å²) in [7, 11) is 3.10. The van der Waals surface area contributed by atoms with Crippen molar-refractivity contribution in [1.29, 1.82) is 0 Å². The maximum atomic E-state index is 12.9. The molecule has 2 aromatic rings. The number of carbonyl (C=O) groups excluding carboxylic acids is 2. The molecule has 0 spiro atoms. The molecule has 0 unspecified atom stereocenters. The van der Waals surface area contributed by atoms with Crippen molar-refractivity contribution in [1.82, 2.24) is 25.3 Å². The van der Waals surface area contributed by atoms with Gasteiger partial charge >= 0.3 is 0 Å². The molecule has 29 heavy (non-hydrogen) atoms. The molecule has 2 aliphatic heterocycles. The molecule has 4 rings (SSSR count). The van der Waals surface area contributed by atoms with E-state index in [-0.39, 0.29) is 11.8 Å². The number of methoxy groups -OCH3 is 2. The van der Waals surface area contributed by atoms with Crippen LogP contribution in [0.25, 0.3) is 0 Å². The molecule has 154 valence electrons. The highest BCUT2D eigenvalue weighted by molar-refractivity contribution is 5.96.